The summed E-state index contributed by atoms with van der Waals surface area (Å²) in [5.74, 6) is -1.36. The van der Waals surface area contributed by atoms with Crippen molar-refractivity contribution in [2.75, 3.05) is 5.32 Å². The number of nitriles is 1. The summed E-state index contributed by atoms with van der Waals surface area (Å²) in [4.78, 5) is 54.5. The summed E-state index contributed by atoms with van der Waals surface area (Å²) in [6.07, 6.45) is -2.18. The number of ether oxygens (including phenoxy) is 3. The molecule has 14 heteroatoms. The molecule has 0 saturated carbocycles. The van der Waals surface area contributed by atoms with E-state index in [1.165, 1.54) is 4.90 Å². The third-order valence-electron chi connectivity index (χ3n) is 9.97. The van der Waals surface area contributed by atoms with E-state index in [9.17, 15) is 24.3 Å². The second-order valence-electron chi connectivity index (χ2n) is 14.5. The van der Waals surface area contributed by atoms with Crippen LogP contribution < -0.4 is 20.1 Å². The molecule has 300 valence electrons. The fourth-order valence-corrected chi connectivity index (χ4v) is 7.23. The first-order valence-corrected chi connectivity index (χ1v) is 19.5. The number of nitrogens with zero attached hydrogens (tertiary/aromatic N) is 2. The van der Waals surface area contributed by atoms with E-state index in [0.717, 1.165) is 16.7 Å². The molecule has 0 radical (unpaired) electrons. The Morgan fingerprint density at radius 2 is 1.59 bits per heavy atom. The average molecular weight is 834 g/mol. The number of halogens is 2. The van der Waals surface area contributed by atoms with Crippen LogP contribution in [0.4, 0.5) is 10.5 Å². The number of fused-ring (bicyclic) bond motifs is 2. The van der Waals surface area contributed by atoms with Crippen LogP contribution in [-0.4, -0.2) is 52.1 Å². The van der Waals surface area contributed by atoms with Crippen molar-refractivity contribution in [3.63, 3.8) is 0 Å². The van der Waals surface area contributed by atoms with Gasteiger partial charge in [-0.1, -0.05) is 77.8 Å². The lowest BCUT2D eigenvalue weighted by molar-refractivity contribution is -0.142. The molecule has 3 N–H and O–H groups in total. The van der Waals surface area contributed by atoms with Crippen molar-refractivity contribution < 1.29 is 38.5 Å². The Balaban J connectivity index is 1.05. The highest BCUT2D eigenvalue weighted by Gasteiger charge is 2.39. The number of anilines is 1. The van der Waals surface area contributed by atoms with Crippen LogP contribution in [0.25, 0.3) is 11.1 Å². The number of hydrogen-bond donors (Lipinski definition) is 3. The van der Waals surface area contributed by atoms with Gasteiger partial charge in [0.25, 0.3) is 5.91 Å². The van der Waals surface area contributed by atoms with Crippen molar-refractivity contribution in [3.8, 4) is 28.7 Å². The predicted octanol–water partition coefficient (Wildman–Crippen LogP) is 8.27. The van der Waals surface area contributed by atoms with Crippen molar-refractivity contribution in [2.45, 2.75) is 64.1 Å². The summed E-state index contributed by atoms with van der Waals surface area (Å²) in [6, 6.07) is 29.7. The lowest BCUT2D eigenvalue weighted by Gasteiger charge is -2.37. The molecular formula is C45H38Cl2N4O8. The molecule has 59 heavy (non-hydrogen) atoms. The van der Waals surface area contributed by atoms with Crippen LogP contribution in [0.1, 0.15) is 53.3 Å². The fourth-order valence-electron chi connectivity index (χ4n) is 6.91. The monoisotopic (exact) mass is 832 g/mol. The van der Waals surface area contributed by atoms with Crippen molar-refractivity contribution in [2.24, 2.45) is 0 Å². The Bertz CT molecular complexity index is 2450. The van der Waals surface area contributed by atoms with Gasteiger partial charge in [-0.05, 0) is 95.8 Å². The highest BCUT2D eigenvalue weighted by Crippen LogP contribution is 2.40. The SMILES string of the molecule is CC(C)OC(=O)N1Cc2cc3c(cc2CC1C(=O)N[C@@H](Cc1ccc(-c2ccc(C#N)cc2)cc1)C(=O)O)NC(=O)C(c1ccc(OCc2ccc(Cl)c(Cl)c2)cc1)O3. The number of carbonyl (C=O) groups excluding carboxylic acids is 3. The topological polar surface area (TPSA) is 167 Å². The van der Waals surface area contributed by atoms with Crippen LogP contribution >= 0.6 is 23.2 Å². The van der Waals surface area contributed by atoms with Crippen LogP contribution in [-0.2, 0) is 45.1 Å². The summed E-state index contributed by atoms with van der Waals surface area (Å²) < 4.78 is 17.6. The number of aliphatic carboxylic acids is 1. The maximum atomic E-state index is 13.9. The summed E-state index contributed by atoms with van der Waals surface area (Å²) in [7, 11) is 0. The minimum atomic E-state index is -1.30. The van der Waals surface area contributed by atoms with Gasteiger partial charge in [-0.3, -0.25) is 14.5 Å². The summed E-state index contributed by atoms with van der Waals surface area (Å²) >= 11 is 12.1. The molecule has 0 aliphatic carbocycles. The zero-order valence-electron chi connectivity index (χ0n) is 31.9. The van der Waals surface area contributed by atoms with Gasteiger partial charge >= 0.3 is 12.1 Å². The molecule has 2 heterocycles. The van der Waals surface area contributed by atoms with Gasteiger partial charge in [0.2, 0.25) is 12.0 Å². The Kier molecular flexibility index (Phi) is 12.1. The van der Waals surface area contributed by atoms with Gasteiger partial charge in [-0.15, -0.1) is 0 Å². The van der Waals surface area contributed by atoms with E-state index in [2.05, 4.69) is 16.7 Å². The van der Waals surface area contributed by atoms with Crippen LogP contribution in [0.15, 0.2) is 103 Å². The second kappa shape index (κ2) is 17.5. The van der Waals surface area contributed by atoms with Crippen LogP contribution in [0.5, 0.6) is 11.5 Å². The lowest BCUT2D eigenvalue weighted by Crippen LogP contribution is -2.56. The number of carboxylic acid groups (broad SMARTS) is 1. The van der Waals surface area contributed by atoms with Crippen LogP contribution in [0.2, 0.25) is 10.0 Å². The number of carboxylic acids is 1. The first kappa shape index (κ1) is 40.6. The molecular weight excluding hydrogens is 795 g/mol. The Morgan fingerprint density at radius 1 is 0.915 bits per heavy atom. The highest BCUT2D eigenvalue weighted by molar-refractivity contribution is 6.42. The van der Waals surface area contributed by atoms with E-state index in [4.69, 9.17) is 42.7 Å². The first-order valence-electron chi connectivity index (χ1n) is 18.7. The molecule has 3 atom stereocenters. The number of amides is 3. The van der Waals surface area contributed by atoms with Gasteiger partial charge < -0.3 is 30.0 Å². The maximum absolute atomic E-state index is 13.9. The molecule has 0 bridgehead atoms. The number of benzene rings is 5. The standard InChI is InChI=1S/C45H38Cl2N4O8/c1-25(2)58-45(56)51-23-33-21-40-37(49-43(53)41(59-40)31-12-14-34(15-13-31)57-24-28-7-16-35(46)36(47)17-28)19-32(33)20-39(51)42(52)50-38(44(54)55)18-26-3-8-29(9-4-26)30-10-5-27(22-48)6-11-30/h3-17,19,21,25,38-39,41H,18,20,23-24H2,1-2H3,(H,49,53)(H,50,52)(H,54,55)/t38-,39?,41?/m0/s1. The zero-order chi connectivity index (χ0) is 41.8. The first-order chi connectivity index (χ1) is 28.3. The van der Waals surface area contributed by atoms with Crippen molar-refractivity contribution >= 4 is 52.8 Å². The molecule has 12 nitrogen and oxygen atoms in total. The van der Waals surface area contributed by atoms with Crippen molar-refractivity contribution in [1.82, 2.24) is 10.2 Å². The van der Waals surface area contributed by atoms with Gasteiger partial charge in [0.1, 0.15) is 30.2 Å². The van der Waals surface area contributed by atoms with Gasteiger partial charge in [0.05, 0.1) is 40.0 Å². The average Bonchev–Trinajstić information content (AvgIpc) is 3.22. The molecule has 0 spiro atoms. The third kappa shape index (κ3) is 9.44. The molecule has 0 fully saturated rings. The predicted molar refractivity (Wildman–Crippen MR) is 220 cm³/mol. The van der Waals surface area contributed by atoms with Gasteiger partial charge in [0, 0.05) is 18.4 Å². The molecule has 2 unspecified atom stereocenters. The minimum Gasteiger partial charge on any atom is -0.489 e. The molecule has 2 aliphatic heterocycles. The lowest BCUT2D eigenvalue weighted by atomic mass is 9.92. The normalized spacial score (nSPS) is 16.1. The summed E-state index contributed by atoms with van der Waals surface area (Å²) in [5, 5.41) is 25.7. The molecule has 5 aromatic carbocycles. The third-order valence-corrected chi connectivity index (χ3v) is 10.7. The molecule has 3 amide bonds. The number of rotatable bonds is 11. The van der Waals surface area contributed by atoms with Gasteiger partial charge in [-0.25, -0.2) is 9.59 Å². The molecule has 2 aliphatic rings. The Hall–Kier alpha value is -6.55. The number of nitrogens with one attached hydrogen (secondary N) is 2. The number of hydrogen-bond acceptors (Lipinski definition) is 8. The second-order valence-corrected chi connectivity index (χ2v) is 15.3. The minimum absolute atomic E-state index is 0.0129. The zero-order valence-corrected chi connectivity index (χ0v) is 33.4. The molecule has 5 aromatic rings. The summed E-state index contributed by atoms with van der Waals surface area (Å²) in [6.45, 7) is 3.61. The van der Waals surface area contributed by atoms with Gasteiger partial charge in [-0.2, -0.15) is 5.26 Å². The van der Waals surface area contributed by atoms with E-state index in [1.54, 1.807) is 86.6 Å². The highest BCUT2D eigenvalue weighted by atomic mass is 35.5. The maximum Gasteiger partial charge on any atom is 0.411 e. The fraction of sp³-hybridized carbons (Fsp3) is 0.222. The van der Waals surface area contributed by atoms with Crippen molar-refractivity contribution in [1.29, 1.82) is 5.26 Å². The van der Waals surface area contributed by atoms with E-state index in [1.807, 2.05) is 30.3 Å². The van der Waals surface area contributed by atoms with E-state index >= 15 is 0 Å². The Morgan fingerprint density at radius 3 is 2.24 bits per heavy atom. The van der Waals surface area contributed by atoms with Crippen molar-refractivity contribution in [3.05, 3.63) is 147 Å². The van der Waals surface area contributed by atoms with E-state index < -0.39 is 48.2 Å². The van der Waals surface area contributed by atoms with Crippen LogP contribution in [0.3, 0.4) is 0 Å². The smallest absolute Gasteiger partial charge is 0.411 e. The van der Waals surface area contributed by atoms with Gasteiger partial charge in [0.15, 0.2) is 0 Å². The Labute approximate surface area is 350 Å². The largest absolute Gasteiger partial charge is 0.489 e. The molecule has 7 rings (SSSR count). The molecule has 0 aromatic heterocycles. The van der Waals surface area contributed by atoms with E-state index in [-0.39, 0.29) is 26.0 Å². The quantitative estimate of drug-likeness (QED) is 0.119. The number of carbonyl (C=O) groups is 4. The van der Waals surface area contributed by atoms with Crippen LogP contribution in [0, 0.1) is 11.3 Å². The summed E-state index contributed by atoms with van der Waals surface area (Å²) in [5.41, 5.74) is 6.16. The van der Waals surface area contributed by atoms with E-state index in [0.29, 0.717) is 55.0 Å². The molecule has 0 saturated heterocycles.